The van der Waals surface area contributed by atoms with Gasteiger partial charge in [-0.25, -0.2) is 0 Å². The van der Waals surface area contributed by atoms with Crippen LogP contribution in [-0.2, 0) is 0 Å². The lowest BCUT2D eigenvalue weighted by molar-refractivity contribution is 0.0934. The Morgan fingerprint density at radius 3 is 2.60 bits per heavy atom. The minimum atomic E-state index is -0.0496. The number of benzene rings is 1. The quantitative estimate of drug-likeness (QED) is 0.743. The Morgan fingerprint density at radius 2 is 2.00 bits per heavy atom. The van der Waals surface area contributed by atoms with Crippen molar-refractivity contribution >= 4 is 23.2 Å². The van der Waals surface area contributed by atoms with E-state index in [4.69, 9.17) is 11.6 Å². The van der Waals surface area contributed by atoms with Gasteiger partial charge in [0.15, 0.2) is 0 Å². The van der Waals surface area contributed by atoms with Gasteiger partial charge in [-0.15, -0.1) is 0 Å². The second kappa shape index (κ2) is 8.85. The summed E-state index contributed by atoms with van der Waals surface area (Å²) in [5.74, 6) is -0.0496. The van der Waals surface area contributed by atoms with E-state index in [1.807, 2.05) is 6.07 Å². The molecule has 0 aromatic heterocycles. The summed E-state index contributed by atoms with van der Waals surface area (Å²) < 4.78 is 0. The lowest BCUT2D eigenvalue weighted by Gasteiger charge is -2.18. The molecule has 4 heteroatoms. The monoisotopic (exact) mass is 296 g/mol. The number of rotatable bonds is 8. The van der Waals surface area contributed by atoms with Gasteiger partial charge in [0.25, 0.3) is 5.91 Å². The molecule has 0 heterocycles. The van der Waals surface area contributed by atoms with Gasteiger partial charge in [-0.05, 0) is 37.5 Å². The molecule has 0 aliphatic carbocycles. The van der Waals surface area contributed by atoms with E-state index in [1.54, 1.807) is 12.1 Å². The first kappa shape index (κ1) is 16.8. The minimum absolute atomic E-state index is 0.0496. The lowest BCUT2D eigenvalue weighted by Crippen LogP contribution is -2.34. The molecule has 0 radical (unpaired) electrons. The van der Waals surface area contributed by atoms with Crippen LogP contribution in [0.3, 0.4) is 0 Å². The van der Waals surface area contributed by atoms with Gasteiger partial charge in [-0.3, -0.25) is 4.79 Å². The summed E-state index contributed by atoms with van der Waals surface area (Å²) in [5, 5.41) is 6.95. The number of amides is 1. The van der Waals surface area contributed by atoms with Crippen molar-refractivity contribution in [1.29, 1.82) is 0 Å². The minimum Gasteiger partial charge on any atom is -0.384 e. The highest BCUT2D eigenvalue weighted by Crippen LogP contribution is 2.21. The molecule has 0 saturated heterocycles. The van der Waals surface area contributed by atoms with Gasteiger partial charge in [-0.1, -0.05) is 38.8 Å². The van der Waals surface area contributed by atoms with E-state index in [9.17, 15) is 4.79 Å². The van der Waals surface area contributed by atoms with E-state index in [0.29, 0.717) is 10.6 Å². The van der Waals surface area contributed by atoms with E-state index in [0.717, 1.165) is 37.9 Å². The van der Waals surface area contributed by atoms with Gasteiger partial charge >= 0.3 is 0 Å². The zero-order valence-corrected chi connectivity index (χ0v) is 13.4. The summed E-state index contributed by atoms with van der Waals surface area (Å²) >= 11 is 6.02. The molecular weight excluding hydrogens is 272 g/mol. The molecule has 0 aliphatic heterocycles. The largest absolute Gasteiger partial charge is 0.384 e. The third-order valence-electron chi connectivity index (χ3n) is 3.26. The molecule has 0 aliphatic rings. The molecule has 1 atom stereocenters. The van der Waals surface area contributed by atoms with Gasteiger partial charge in [0.2, 0.25) is 0 Å². The van der Waals surface area contributed by atoms with Crippen LogP contribution in [0, 0.1) is 0 Å². The van der Waals surface area contributed by atoms with Crippen molar-refractivity contribution in [2.75, 3.05) is 11.9 Å². The Bertz CT molecular complexity index is 434. The number of halogens is 1. The first-order valence-electron chi connectivity index (χ1n) is 7.46. The molecule has 20 heavy (non-hydrogen) atoms. The molecule has 3 nitrogen and oxygen atoms in total. The van der Waals surface area contributed by atoms with Crippen molar-refractivity contribution in [1.82, 2.24) is 5.32 Å². The average molecular weight is 297 g/mol. The first-order valence-corrected chi connectivity index (χ1v) is 7.84. The fraction of sp³-hybridized carbons (Fsp3) is 0.562. The van der Waals surface area contributed by atoms with Crippen molar-refractivity contribution in [2.24, 2.45) is 0 Å². The SMILES string of the molecule is CCCNc1ccc(Cl)cc1C(=O)NC(CC)CCC. The number of hydrogen-bond acceptors (Lipinski definition) is 2. The van der Waals surface area contributed by atoms with E-state index >= 15 is 0 Å². The maximum Gasteiger partial charge on any atom is 0.253 e. The Hall–Kier alpha value is -1.22. The van der Waals surface area contributed by atoms with Crippen LogP contribution in [0.2, 0.25) is 5.02 Å². The Labute approximate surface area is 127 Å². The van der Waals surface area contributed by atoms with E-state index in [2.05, 4.69) is 31.4 Å². The molecule has 0 bridgehead atoms. The van der Waals surface area contributed by atoms with Crippen molar-refractivity contribution in [2.45, 2.75) is 52.5 Å². The van der Waals surface area contributed by atoms with Gasteiger partial charge in [-0.2, -0.15) is 0 Å². The number of anilines is 1. The van der Waals surface area contributed by atoms with Crippen molar-refractivity contribution in [3.63, 3.8) is 0 Å². The molecule has 1 rings (SSSR count). The van der Waals surface area contributed by atoms with Gasteiger partial charge in [0.05, 0.1) is 5.56 Å². The van der Waals surface area contributed by atoms with Crippen LogP contribution in [-0.4, -0.2) is 18.5 Å². The average Bonchev–Trinajstić information content (AvgIpc) is 2.45. The number of nitrogens with one attached hydrogen (secondary N) is 2. The Balaban J connectivity index is 2.86. The maximum absolute atomic E-state index is 12.4. The fourth-order valence-corrected chi connectivity index (χ4v) is 2.28. The molecular formula is C16H25ClN2O. The molecule has 2 N–H and O–H groups in total. The molecule has 0 spiro atoms. The van der Waals surface area contributed by atoms with E-state index in [1.165, 1.54) is 0 Å². The second-order valence-electron chi connectivity index (χ2n) is 4.98. The maximum atomic E-state index is 12.4. The normalized spacial score (nSPS) is 12.0. The highest BCUT2D eigenvalue weighted by molar-refractivity contribution is 6.31. The summed E-state index contributed by atoms with van der Waals surface area (Å²) in [7, 11) is 0. The third kappa shape index (κ3) is 5.04. The zero-order chi connectivity index (χ0) is 15.0. The smallest absolute Gasteiger partial charge is 0.253 e. The van der Waals surface area contributed by atoms with Crippen LogP contribution in [0.15, 0.2) is 18.2 Å². The summed E-state index contributed by atoms with van der Waals surface area (Å²) in [6.07, 6.45) is 4.02. The summed E-state index contributed by atoms with van der Waals surface area (Å²) in [5.41, 5.74) is 1.47. The summed E-state index contributed by atoms with van der Waals surface area (Å²) in [6, 6.07) is 5.63. The summed E-state index contributed by atoms with van der Waals surface area (Å²) in [6.45, 7) is 7.16. The second-order valence-corrected chi connectivity index (χ2v) is 5.42. The van der Waals surface area contributed by atoms with Gasteiger partial charge in [0.1, 0.15) is 0 Å². The Kier molecular flexibility index (Phi) is 7.45. The zero-order valence-electron chi connectivity index (χ0n) is 12.6. The van der Waals surface area contributed by atoms with Gasteiger partial charge in [0, 0.05) is 23.3 Å². The van der Waals surface area contributed by atoms with Crippen molar-refractivity contribution < 1.29 is 4.79 Å². The van der Waals surface area contributed by atoms with Gasteiger partial charge < -0.3 is 10.6 Å². The van der Waals surface area contributed by atoms with Crippen LogP contribution in [0.25, 0.3) is 0 Å². The molecule has 1 aromatic carbocycles. The predicted octanol–water partition coefficient (Wildman–Crippen LogP) is 4.47. The van der Waals surface area contributed by atoms with Crippen molar-refractivity contribution in [3.05, 3.63) is 28.8 Å². The van der Waals surface area contributed by atoms with E-state index < -0.39 is 0 Å². The highest BCUT2D eigenvalue weighted by atomic mass is 35.5. The van der Waals surface area contributed by atoms with Crippen LogP contribution in [0.5, 0.6) is 0 Å². The molecule has 1 unspecified atom stereocenters. The summed E-state index contributed by atoms with van der Waals surface area (Å²) in [4.78, 5) is 12.4. The lowest BCUT2D eigenvalue weighted by atomic mass is 10.1. The van der Waals surface area contributed by atoms with Crippen LogP contribution in [0.1, 0.15) is 56.8 Å². The number of carbonyl (C=O) groups is 1. The topological polar surface area (TPSA) is 41.1 Å². The van der Waals surface area contributed by atoms with Crippen LogP contribution in [0.4, 0.5) is 5.69 Å². The number of carbonyl (C=O) groups excluding carboxylic acids is 1. The molecule has 1 amide bonds. The Morgan fingerprint density at radius 1 is 1.25 bits per heavy atom. The van der Waals surface area contributed by atoms with E-state index in [-0.39, 0.29) is 11.9 Å². The van der Waals surface area contributed by atoms with Crippen LogP contribution < -0.4 is 10.6 Å². The molecule has 0 fully saturated rings. The molecule has 1 aromatic rings. The highest BCUT2D eigenvalue weighted by Gasteiger charge is 2.15. The fourth-order valence-electron chi connectivity index (χ4n) is 2.11. The molecule has 112 valence electrons. The third-order valence-corrected chi connectivity index (χ3v) is 3.49. The van der Waals surface area contributed by atoms with Crippen molar-refractivity contribution in [3.8, 4) is 0 Å². The first-order chi connectivity index (χ1) is 9.62. The predicted molar refractivity (Wildman–Crippen MR) is 86.7 cm³/mol. The van der Waals surface area contributed by atoms with Crippen LogP contribution >= 0.6 is 11.6 Å². The molecule has 0 saturated carbocycles. The number of hydrogen-bond donors (Lipinski definition) is 2. The standard InChI is InChI=1S/C16H25ClN2O/c1-4-7-13(6-3)19-16(20)14-11-12(17)8-9-15(14)18-10-5-2/h8-9,11,13,18H,4-7,10H2,1-3H3,(H,19,20).